The van der Waals surface area contributed by atoms with Crippen LogP contribution in [-0.2, 0) is 0 Å². The number of halogens is 3. The standard InChI is InChI=1S/C17H12Cl2FN3O/c1-10-14(9-21-23(10)13-4-2-3-11(18)7-13)17(24)22-12-5-6-16(20)15(19)8-12/h2-9H,1H3,(H,22,24). The maximum absolute atomic E-state index is 13.2. The zero-order chi connectivity index (χ0) is 17.3. The Hall–Kier alpha value is -2.37. The van der Waals surface area contributed by atoms with Gasteiger partial charge in [0.15, 0.2) is 0 Å². The second-order valence-electron chi connectivity index (χ2n) is 5.12. The van der Waals surface area contributed by atoms with Crippen molar-refractivity contribution in [1.29, 1.82) is 0 Å². The van der Waals surface area contributed by atoms with Crippen molar-refractivity contribution in [3.8, 4) is 5.69 Å². The lowest BCUT2D eigenvalue weighted by Crippen LogP contribution is -2.13. The normalized spacial score (nSPS) is 10.7. The molecule has 0 aliphatic rings. The van der Waals surface area contributed by atoms with E-state index in [4.69, 9.17) is 23.2 Å². The minimum atomic E-state index is -0.542. The molecular formula is C17H12Cl2FN3O. The molecule has 0 saturated heterocycles. The van der Waals surface area contributed by atoms with Gasteiger partial charge in [0.2, 0.25) is 0 Å². The van der Waals surface area contributed by atoms with E-state index in [1.807, 2.05) is 6.07 Å². The molecule has 0 aliphatic heterocycles. The van der Waals surface area contributed by atoms with Gasteiger partial charge in [-0.1, -0.05) is 29.3 Å². The highest BCUT2D eigenvalue weighted by atomic mass is 35.5. The molecule has 1 aromatic heterocycles. The van der Waals surface area contributed by atoms with Gasteiger partial charge in [-0.2, -0.15) is 5.10 Å². The quantitative estimate of drug-likeness (QED) is 0.720. The highest BCUT2D eigenvalue weighted by molar-refractivity contribution is 6.31. The molecule has 2 aromatic carbocycles. The van der Waals surface area contributed by atoms with Gasteiger partial charge in [0.05, 0.1) is 28.2 Å². The number of hydrogen-bond acceptors (Lipinski definition) is 2. The van der Waals surface area contributed by atoms with Gasteiger partial charge in [0.1, 0.15) is 5.82 Å². The molecule has 1 heterocycles. The summed E-state index contributed by atoms with van der Waals surface area (Å²) in [6.07, 6.45) is 1.47. The maximum atomic E-state index is 13.2. The van der Waals surface area contributed by atoms with Crippen LogP contribution in [0.3, 0.4) is 0 Å². The number of carbonyl (C=O) groups is 1. The summed E-state index contributed by atoms with van der Waals surface area (Å²) in [6.45, 7) is 1.78. The Balaban J connectivity index is 1.87. The summed E-state index contributed by atoms with van der Waals surface area (Å²) in [6, 6.07) is 11.1. The van der Waals surface area contributed by atoms with Crippen molar-refractivity contribution < 1.29 is 9.18 Å². The predicted octanol–water partition coefficient (Wildman–Crippen LogP) is 4.88. The molecule has 0 bridgehead atoms. The van der Waals surface area contributed by atoms with Crippen molar-refractivity contribution in [2.45, 2.75) is 6.92 Å². The summed E-state index contributed by atoms with van der Waals surface area (Å²) in [7, 11) is 0. The van der Waals surface area contributed by atoms with E-state index in [1.165, 1.54) is 24.4 Å². The first kappa shape index (κ1) is 16.5. The Morgan fingerprint density at radius 2 is 2.00 bits per heavy atom. The van der Waals surface area contributed by atoms with Gasteiger partial charge in [-0.25, -0.2) is 9.07 Å². The molecule has 3 aromatic rings. The van der Waals surface area contributed by atoms with Crippen molar-refractivity contribution in [2.24, 2.45) is 0 Å². The molecule has 1 N–H and O–H groups in total. The average Bonchev–Trinajstić information content (AvgIpc) is 2.93. The number of benzene rings is 2. The SMILES string of the molecule is Cc1c(C(=O)Nc2ccc(F)c(Cl)c2)cnn1-c1cccc(Cl)c1. The van der Waals surface area contributed by atoms with Crippen LogP contribution in [0, 0.1) is 12.7 Å². The molecule has 3 rings (SSSR count). The smallest absolute Gasteiger partial charge is 0.259 e. The minimum absolute atomic E-state index is 0.0563. The first-order valence-corrected chi connectivity index (χ1v) is 7.78. The third-order valence-electron chi connectivity index (χ3n) is 3.48. The van der Waals surface area contributed by atoms with E-state index in [0.29, 0.717) is 22.0 Å². The number of nitrogens with zero attached hydrogens (tertiary/aromatic N) is 2. The Kier molecular flexibility index (Phi) is 4.55. The molecule has 0 unspecified atom stereocenters. The van der Waals surface area contributed by atoms with Gasteiger partial charge in [0.25, 0.3) is 5.91 Å². The summed E-state index contributed by atoms with van der Waals surface area (Å²) in [5.41, 5.74) is 2.21. The topological polar surface area (TPSA) is 46.9 Å². The monoisotopic (exact) mass is 363 g/mol. The highest BCUT2D eigenvalue weighted by Gasteiger charge is 2.16. The van der Waals surface area contributed by atoms with E-state index in [2.05, 4.69) is 10.4 Å². The molecule has 24 heavy (non-hydrogen) atoms. The first-order valence-electron chi connectivity index (χ1n) is 7.02. The van der Waals surface area contributed by atoms with Gasteiger partial charge < -0.3 is 5.32 Å². The molecule has 0 radical (unpaired) electrons. The summed E-state index contributed by atoms with van der Waals surface area (Å²) >= 11 is 11.7. The summed E-state index contributed by atoms with van der Waals surface area (Å²) < 4.78 is 14.8. The third-order valence-corrected chi connectivity index (χ3v) is 4.01. The molecule has 4 nitrogen and oxygen atoms in total. The van der Waals surface area contributed by atoms with Crippen LogP contribution in [0.25, 0.3) is 5.69 Å². The molecule has 0 spiro atoms. The first-order chi connectivity index (χ1) is 11.5. The Labute approximate surface area is 147 Å². The second-order valence-corrected chi connectivity index (χ2v) is 5.96. The van der Waals surface area contributed by atoms with Crippen molar-refractivity contribution in [3.63, 3.8) is 0 Å². The van der Waals surface area contributed by atoms with Crippen molar-refractivity contribution in [3.05, 3.63) is 75.8 Å². The number of anilines is 1. The van der Waals surface area contributed by atoms with Crippen molar-refractivity contribution >= 4 is 34.8 Å². The van der Waals surface area contributed by atoms with Crippen LogP contribution in [0.15, 0.2) is 48.7 Å². The molecule has 122 valence electrons. The summed E-state index contributed by atoms with van der Waals surface area (Å²) in [5.74, 6) is -0.900. The van der Waals surface area contributed by atoms with Gasteiger partial charge >= 0.3 is 0 Å². The highest BCUT2D eigenvalue weighted by Crippen LogP contribution is 2.21. The van der Waals surface area contributed by atoms with Gasteiger partial charge in [0, 0.05) is 10.7 Å². The fourth-order valence-corrected chi connectivity index (χ4v) is 2.64. The predicted molar refractivity (Wildman–Crippen MR) is 92.7 cm³/mol. The fourth-order valence-electron chi connectivity index (χ4n) is 2.27. The molecular weight excluding hydrogens is 352 g/mol. The Morgan fingerprint density at radius 3 is 2.71 bits per heavy atom. The minimum Gasteiger partial charge on any atom is -0.322 e. The number of amides is 1. The molecule has 0 atom stereocenters. The van der Waals surface area contributed by atoms with E-state index in [1.54, 1.807) is 29.8 Å². The van der Waals surface area contributed by atoms with Crippen LogP contribution in [0.5, 0.6) is 0 Å². The number of nitrogens with one attached hydrogen (secondary N) is 1. The third kappa shape index (κ3) is 3.27. The molecule has 0 saturated carbocycles. The van der Waals surface area contributed by atoms with E-state index < -0.39 is 5.82 Å². The van der Waals surface area contributed by atoms with Crippen molar-refractivity contribution in [1.82, 2.24) is 9.78 Å². The number of aromatic nitrogens is 2. The molecule has 7 heteroatoms. The van der Waals surface area contributed by atoms with Crippen LogP contribution in [0.4, 0.5) is 10.1 Å². The molecule has 1 amide bonds. The lowest BCUT2D eigenvalue weighted by atomic mass is 10.2. The van der Waals surface area contributed by atoms with Gasteiger partial charge in [-0.05, 0) is 43.3 Å². The van der Waals surface area contributed by atoms with E-state index >= 15 is 0 Å². The zero-order valence-corrected chi connectivity index (χ0v) is 14.1. The van der Waals surface area contributed by atoms with E-state index in [-0.39, 0.29) is 10.9 Å². The largest absolute Gasteiger partial charge is 0.322 e. The van der Waals surface area contributed by atoms with Crippen LogP contribution in [0.2, 0.25) is 10.0 Å². The number of rotatable bonds is 3. The second kappa shape index (κ2) is 6.63. The Morgan fingerprint density at radius 1 is 1.21 bits per heavy atom. The van der Waals surface area contributed by atoms with Crippen LogP contribution in [-0.4, -0.2) is 15.7 Å². The lowest BCUT2D eigenvalue weighted by molar-refractivity contribution is 0.102. The Bertz CT molecular complexity index is 924. The van der Waals surface area contributed by atoms with E-state index in [0.717, 1.165) is 5.69 Å². The zero-order valence-electron chi connectivity index (χ0n) is 12.6. The summed E-state index contributed by atoms with van der Waals surface area (Å²) in [4.78, 5) is 12.4. The van der Waals surface area contributed by atoms with Crippen LogP contribution in [0.1, 0.15) is 16.1 Å². The number of carbonyl (C=O) groups excluding carboxylic acids is 1. The molecule has 0 fully saturated rings. The molecule has 0 aliphatic carbocycles. The van der Waals surface area contributed by atoms with E-state index in [9.17, 15) is 9.18 Å². The van der Waals surface area contributed by atoms with Gasteiger partial charge in [-0.15, -0.1) is 0 Å². The van der Waals surface area contributed by atoms with Crippen LogP contribution < -0.4 is 5.32 Å². The maximum Gasteiger partial charge on any atom is 0.259 e. The summed E-state index contributed by atoms with van der Waals surface area (Å²) in [5, 5.41) is 7.43. The number of hydrogen-bond donors (Lipinski definition) is 1. The fraction of sp³-hybridized carbons (Fsp3) is 0.0588. The lowest BCUT2D eigenvalue weighted by Gasteiger charge is -2.07. The average molecular weight is 364 g/mol. The van der Waals surface area contributed by atoms with Crippen molar-refractivity contribution in [2.75, 3.05) is 5.32 Å². The van der Waals surface area contributed by atoms with Crippen LogP contribution >= 0.6 is 23.2 Å². The van der Waals surface area contributed by atoms with Gasteiger partial charge in [-0.3, -0.25) is 4.79 Å².